The van der Waals surface area contributed by atoms with Gasteiger partial charge in [0.05, 0.1) is 12.5 Å². The molecule has 1 amide bonds. The standard InChI is InChI=1S/C15H22N2O2/c1-19-10-12-5-3-2-4-11(12)8-13(9-16)15(18)17-14-6-7-14/h2-5,13-14H,6-10,16H2,1H3,(H,17,18). The summed E-state index contributed by atoms with van der Waals surface area (Å²) in [4.78, 5) is 12.1. The number of nitrogens with one attached hydrogen (secondary N) is 1. The third kappa shape index (κ3) is 4.04. The third-order valence-corrected chi connectivity index (χ3v) is 3.46. The average Bonchev–Trinajstić information content (AvgIpc) is 3.21. The molecule has 19 heavy (non-hydrogen) atoms. The van der Waals surface area contributed by atoms with E-state index in [-0.39, 0.29) is 11.8 Å². The molecule has 1 fully saturated rings. The highest BCUT2D eigenvalue weighted by molar-refractivity contribution is 5.79. The fraction of sp³-hybridized carbons (Fsp3) is 0.533. The van der Waals surface area contributed by atoms with Gasteiger partial charge in [0.15, 0.2) is 0 Å². The van der Waals surface area contributed by atoms with Gasteiger partial charge in [0.1, 0.15) is 0 Å². The number of nitrogens with two attached hydrogens (primary N) is 1. The van der Waals surface area contributed by atoms with E-state index in [1.807, 2.05) is 24.3 Å². The van der Waals surface area contributed by atoms with Crippen LogP contribution in [0.4, 0.5) is 0 Å². The molecule has 1 aromatic carbocycles. The smallest absolute Gasteiger partial charge is 0.224 e. The van der Waals surface area contributed by atoms with Crippen LogP contribution in [0, 0.1) is 5.92 Å². The summed E-state index contributed by atoms with van der Waals surface area (Å²) in [6, 6.07) is 8.43. The highest BCUT2D eigenvalue weighted by Crippen LogP contribution is 2.20. The van der Waals surface area contributed by atoms with Gasteiger partial charge in [-0.2, -0.15) is 0 Å². The Morgan fingerprint density at radius 3 is 2.68 bits per heavy atom. The molecule has 0 saturated heterocycles. The van der Waals surface area contributed by atoms with Crippen molar-refractivity contribution in [3.63, 3.8) is 0 Å². The van der Waals surface area contributed by atoms with Crippen LogP contribution in [0.25, 0.3) is 0 Å². The lowest BCUT2D eigenvalue weighted by molar-refractivity contribution is -0.124. The van der Waals surface area contributed by atoms with Crippen LogP contribution in [-0.2, 0) is 22.6 Å². The summed E-state index contributed by atoms with van der Waals surface area (Å²) in [5.41, 5.74) is 8.02. The topological polar surface area (TPSA) is 64.3 Å². The number of rotatable bonds is 7. The zero-order valence-corrected chi connectivity index (χ0v) is 11.4. The van der Waals surface area contributed by atoms with Crippen LogP contribution < -0.4 is 11.1 Å². The first-order chi connectivity index (χ1) is 9.24. The number of carbonyl (C=O) groups excluding carboxylic acids is 1. The van der Waals surface area contributed by atoms with E-state index < -0.39 is 0 Å². The van der Waals surface area contributed by atoms with E-state index in [4.69, 9.17) is 10.5 Å². The van der Waals surface area contributed by atoms with Crippen LogP contribution in [-0.4, -0.2) is 25.6 Å². The normalized spacial score (nSPS) is 16.1. The molecule has 0 aromatic heterocycles. The summed E-state index contributed by atoms with van der Waals surface area (Å²) in [5, 5.41) is 3.03. The van der Waals surface area contributed by atoms with Gasteiger partial charge in [-0.1, -0.05) is 24.3 Å². The average molecular weight is 262 g/mol. The van der Waals surface area contributed by atoms with E-state index in [1.165, 1.54) is 0 Å². The minimum Gasteiger partial charge on any atom is -0.380 e. The lowest BCUT2D eigenvalue weighted by Gasteiger charge is -2.16. The van der Waals surface area contributed by atoms with Crippen LogP contribution in [0.5, 0.6) is 0 Å². The highest BCUT2D eigenvalue weighted by atomic mass is 16.5. The fourth-order valence-electron chi connectivity index (χ4n) is 2.15. The van der Waals surface area contributed by atoms with Crippen molar-refractivity contribution >= 4 is 5.91 Å². The van der Waals surface area contributed by atoms with Crippen molar-refractivity contribution in [1.82, 2.24) is 5.32 Å². The molecular formula is C15H22N2O2. The summed E-state index contributed by atoms with van der Waals surface area (Å²) >= 11 is 0. The molecule has 1 aliphatic rings. The SMILES string of the molecule is COCc1ccccc1CC(CN)C(=O)NC1CC1. The molecule has 0 radical (unpaired) electrons. The second-order valence-electron chi connectivity index (χ2n) is 5.12. The van der Waals surface area contributed by atoms with Gasteiger partial charge < -0.3 is 15.8 Å². The maximum atomic E-state index is 12.1. The second kappa shape index (κ2) is 6.68. The van der Waals surface area contributed by atoms with Gasteiger partial charge in [-0.25, -0.2) is 0 Å². The third-order valence-electron chi connectivity index (χ3n) is 3.46. The number of ether oxygens (including phenoxy) is 1. The Kier molecular flexibility index (Phi) is 4.93. The van der Waals surface area contributed by atoms with Gasteiger partial charge >= 0.3 is 0 Å². The summed E-state index contributed by atoms with van der Waals surface area (Å²) in [7, 11) is 1.68. The summed E-state index contributed by atoms with van der Waals surface area (Å²) in [5.74, 6) is -0.0733. The van der Waals surface area contributed by atoms with Gasteiger partial charge in [-0.15, -0.1) is 0 Å². The number of carbonyl (C=O) groups is 1. The molecule has 1 saturated carbocycles. The minimum absolute atomic E-state index is 0.0808. The van der Waals surface area contributed by atoms with E-state index in [2.05, 4.69) is 5.32 Å². The van der Waals surface area contributed by atoms with E-state index in [1.54, 1.807) is 7.11 Å². The Balaban J connectivity index is 2.02. The van der Waals surface area contributed by atoms with Gasteiger partial charge in [-0.05, 0) is 30.4 Å². The number of hydrogen-bond acceptors (Lipinski definition) is 3. The predicted octanol–water partition coefficient (Wildman–Crippen LogP) is 1.23. The fourth-order valence-corrected chi connectivity index (χ4v) is 2.15. The Hall–Kier alpha value is -1.39. The molecule has 1 atom stereocenters. The first-order valence-corrected chi connectivity index (χ1v) is 6.80. The largest absolute Gasteiger partial charge is 0.380 e. The second-order valence-corrected chi connectivity index (χ2v) is 5.12. The Morgan fingerprint density at radius 1 is 1.42 bits per heavy atom. The van der Waals surface area contributed by atoms with Crippen molar-refractivity contribution < 1.29 is 9.53 Å². The molecule has 3 N–H and O–H groups in total. The zero-order valence-electron chi connectivity index (χ0n) is 11.4. The van der Waals surface area contributed by atoms with Gasteiger partial charge in [0.2, 0.25) is 5.91 Å². The maximum absolute atomic E-state index is 12.1. The molecule has 0 spiro atoms. The van der Waals surface area contributed by atoms with E-state index >= 15 is 0 Å². The molecule has 1 aromatic rings. The molecule has 2 rings (SSSR count). The number of hydrogen-bond donors (Lipinski definition) is 2. The lowest BCUT2D eigenvalue weighted by Crippen LogP contribution is -2.37. The Bertz CT molecular complexity index is 430. The van der Waals surface area contributed by atoms with E-state index in [0.29, 0.717) is 25.6 Å². The summed E-state index contributed by atoms with van der Waals surface area (Å²) in [6.45, 7) is 0.942. The maximum Gasteiger partial charge on any atom is 0.224 e. The molecule has 104 valence electrons. The molecule has 4 nitrogen and oxygen atoms in total. The van der Waals surface area contributed by atoms with Crippen molar-refractivity contribution in [3.8, 4) is 0 Å². The minimum atomic E-state index is -0.154. The number of amides is 1. The molecule has 1 aliphatic carbocycles. The monoisotopic (exact) mass is 262 g/mol. The molecule has 1 unspecified atom stereocenters. The number of methoxy groups -OCH3 is 1. The van der Waals surface area contributed by atoms with E-state index in [9.17, 15) is 4.79 Å². The van der Waals surface area contributed by atoms with Crippen LogP contribution in [0.1, 0.15) is 24.0 Å². The first-order valence-electron chi connectivity index (χ1n) is 6.80. The van der Waals surface area contributed by atoms with Crippen molar-refractivity contribution in [2.24, 2.45) is 11.7 Å². The van der Waals surface area contributed by atoms with Crippen molar-refractivity contribution in [2.75, 3.05) is 13.7 Å². The van der Waals surface area contributed by atoms with Crippen molar-refractivity contribution in [3.05, 3.63) is 35.4 Å². The number of benzene rings is 1. The summed E-state index contributed by atoms with van der Waals surface area (Å²) < 4.78 is 5.19. The lowest BCUT2D eigenvalue weighted by atomic mass is 9.95. The quantitative estimate of drug-likeness (QED) is 0.777. The van der Waals surface area contributed by atoms with Crippen molar-refractivity contribution in [1.29, 1.82) is 0 Å². The summed E-state index contributed by atoms with van der Waals surface area (Å²) in [6.07, 6.45) is 2.88. The van der Waals surface area contributed by atoms with Crippen LogP contribution in [0.15, 0.2) is 24.3 Å². The van der Waals surface area contributed by atoms with Gasteiger partial charge in [0.25, 0.3) is 0 Å². The van der Waals surface area contributed by atoms with E-state index in [0.717, 1.165) is 24.0 Å². The van der Waals surface area contributed by atoms with Crippen LogP contribution in [0.3, 0.4) is 0 Å². The molecule has 4 heteroatoms. The Labute approximate surface area is 114 Å². The van der Waals surface area contributed by atoms with Gasteiger partial charge in [-0.3, -0.25) is 4.79 Å². The Morgan fingerprint density at radius 2 is 2.11 bits per heavy atom. The highest BCUT2D eigenvalue weighted by Gasteiger charge is 2.27. The predicted molar refractivity (Wildman–Crippen MR) is 74.6 cm³/mol. The van der Waals surface area contributed by atoms with Crippen LogP contribution >= 0.6 is 0 Å². The molecular weight excluding hydrogens is 240 g/mol. The molecule has 0 aliphatic heterocycles. The first kappa shape index (κ1) is 14.0. The molecule has 0 heterocycles. The van der Waals surface area contributed by atoms with Crippen molar-refractivity contribution in [2.45, 2.75) is 31.9 Å². The van der Waals surface area contributed by atoms with Crippen LogP contribution in [0.2, 0.25) is 0 Å². The zero-order chi connectivity index (χ0) is 13.7. The molecule has 0 bridgehead atoms. The van der Waals surface area contributed by atoms with Gasteiger partial charge in [0, 0.05) is 19.7 Å².